The zero-order chi connectivity index (χ0) is 18.7. The zero-order valence-electron chi connectivity index (χ0n) is 15.7. The SMILES string of the molecule is O=C(NCC1CCOC1)c1cc(CCCCCCOc2ccccc2)on1. The van der Waals surface area contributed by atoms with Crippen molar-refractivity contribution in [3.63, 3.8) is 0 Å². The van der Waals surface area contributed by atoms with E-state index >= 15 is 0 Å². The lowest BCUT2D eigenvalue weighted by atomic mass is 10.1. The summed E-state index contributed by atoms with van der Waals surface area (Å²) < 4.78 is 16.3. The Morgan fingerprint density at radius 3 is 2.85 bits per heavy atom. The molecule has 1 saturated heterocycles. The van der Waals surface area contributed by atoms with Crippen LogP contribution in [0, 0.1) is 5.92 Å². The van der Waals surface area contributed by atoms with Gasteiger partial charge >= 0.3 is 0 Å². The Morgan fingerprint density at radius 1 is 1.19 bits per heavy atom. The number of aromatic nitrogens is 1. The summed E-state index contributed by atoms with van der Waals surface area (Å²) in [6.45, 7) is 2.88. The molecule has 0 saturated carbocycles. The number of benzene rings is 1. The first-order valence-corrected chi connectivity index (χ1v) is 9.80. The number of hydrogen-bond donors (Lipinski definition) is 1. The van der Waals surface area contributed by atoms with Crippen molar-refractivity contribution in [1.29, 1.82) is 0 Å². The highest BCUT2D eigenvalue weighted by atomic mass is 16.5. The molecular weight excluding hydrogens is 344 g/mol. The Labute approximate surface area is 160 Å². The summed E-state index contributed by atoms with van der Waals surface area (Å²) in [5.74, 6) is 1.93. The summed E-state index contributed by atoms with van der Waals surface area (Å²) in [6.07, 6.45) is 6.06. The molecule has 27 heavy (non-hydrogen) atoms. The van der Waals surface area contributed by atoms with E-state index in [1.54, 1.807) is 6.07 Å². The van der Waals surface area contributed by atoms with Crippen molar-refractivity contribution in [1.82, 2.24) is 10.5 Å². The number of para-hydroxylation sites is 1. The summed E-state index contributed by atoms with van der Waals surface area (Å²) in [5, 5.41) is 6.79. The number of carbonyl (C=O) groups excluding carboxylic acids is 1. The van der Waals surface area contributed by atoms with Crippen LogP contribution in [0.15, 0.2) is 40.9 Å². The maximum absolute atomic E-state index is 12.1. The van der Waals surface area contributed by atoms with E-state index in [1.165, 1.54) is 0 Å². The predicted octanol–water partition coefficient (Wildman–Crippen LogP) is 3.62. The van der Waals surface area contributed by atoms with Crippen molar-refractivity contribution in [3.05, 3.63) is 47.9 Å². The molecule has 1 amide bonds. The van der Waals surface area contributed by atoms with Crippen LogP contribution >= 0.6 is 0 Å². The predicted molar refractivity (Wildman–Crippen MR) is 102 cm³/mol. The largest absolute Gasteiger partial charge is 0.494 e. The molecule has 0 spiro atoms. The third-order valence-electron chi connectivity index (χ3n) is 4.70. The molecule has 0 bridgehead atoms. The van der Waals surface area contributed by atoms with Crippen LogP contribution in [0.5, 0.6) is 5.75 Å². The van der Waals surface area contributed by atoms with Crippen molar-refractivity contribution in [3.8, 4) is 5.75 Å². The number of amides is 1. The van der Waals surface area contributed by atoms with Crippen LogP contribution < -0.4 is 10.1 Å². The summed E-state index contributed by atoms with van der Waals surface area (Å²) in [6, 6.07) is 11.6. The summed E-state index contributed by atoms with van der Waals surface area (Å²) in [5.41, 5.74) is 0.361. The van der Waals surface area contributed by atoms with Gasteiger partial charge in [-0.25, -0.2) is 0 Å². The van der Waals surface area contributed by atoms with Gasteiger partial charge in [0.15, 0.2) is 5.69 Å². The maximum atomic E-state index is 12.1. The molecule has 1 atom stereocenters. The average Bonchev–Trinajstić information content (AvgIpc) is 3.38. The van der Waals surface area contributed by atoms with Gasteiger partial charge < -0.3 is 19.3 Å². The first-order chi connectivity index (χ1) is 13.3. The van der Waals surface area contributed by atoms with Gasteiger partial charge in [0.05, 0.1) is 13.2 Å². The molecule has 1 fully saturated rings. The highest BCUT2D eigenvalue weighted by Crippen LogP contribution is 2.13. The van der Waals surface area contributed by atoms with E-state index < -0.39 is 0 Å². The average molecular weight is 372 g/mol. The lowest BCUT2D eigenvalue weighted by Crippen LogP contribution is -2.29. The normalized spacial score (nSPS) is 16.4. The van der Waals surface area contributed by atoms with Crippen LogP contribution in [0.3, 0.4) is 0 Å². The lowest BCUT2D eigenvalue weighted by Gasteiger charge is -2.07. The van der Waals surface area contributed by atoms with Gasteiger partial charge in [-0.1, -0.05) is 36.2 Å². The highest BCUT2D eigenvalue weighted by molar-refractivity contribution is 5.92. The molecule has 0 radical (unpaired) electrons. The number of ether oxygens (including phenoxy) is 2. The monoisotopic (exact) mass is 372 g/mol. The van der Waals surface area contributed by atoms with Crippen LogP contribution in [-0.2, 0) is 11.2 Å². The van der Waals surface area contributed by atoms with Crippen LogP contribution in [0.2, 0.25) is 0 Å². The minimum absolute atomic E-state index is 0.171. The van der Waals surface area contributed by atoms with E-state index in [0.717, 1.165) is 69.9 Å². The van der Waals surface area contributed by atoms with Crippen LogP contribution in [0.4, 0.5) is 0 Å². The highest BCUT2D eigenvalue weighted by Gasteiger charge is 2.18. The molecule has 6 heteroatoms. The van der Waals surface area contributed by atoms with Crippen LogP contribution in [0.25, 0.3) is 0 Å². The fraction of sp³-hybridized carbons (Fsp3) is 0.524. The third-order valence-corrected chi connectivity index (χ3v) is 4.70. The lowest BCUT2D eigenvalue weighted by molar-refractivity contribution is 0.0936. The maximum Gasteiger partial charge on any atom is 0.273 e. The minimum Gasteiger partial charge on any atom is -0.494 e. The Morgan fingerprint density at radius 2 is 2.04 bits per heavy atom. The van der Waals surface area contributed by atoms with Crippen LogP contribution in [-0.4, -0.2) is 37.4 Å². The Bertz CT molecular complexity index is 680. The molecular formula is C21H28N2O4. The molecule has 1 N–H and O–H groups in total. The number of nitrogens with one attached hydrogen (secondary N) is 1. The number of rotatable bonds is 11. The van der Waals surface area contributed by atoms with E-state index in [0.29, 0.717) is 18.2 Å². The van der Waals surface area contributed by atoms with Crippen molar-refractivity contribution in [2.45, 2.75) is 38.5 Å². The molecule has 3 rings (SSSR count). The quantitative estimate of drug-likeness (QED) is 0.610. The standard InChI is InChI=1S/C21H28N2O4/c24-21(22-15-17-11-13-25-16-17)20-14-19(27-23-20)10-4-1-2-7-12-26-18-8-5-3-6-9-18/h3,5-6,8-9,14,17H,1-2,4,7,10-13,15-16H2,(H,22,24). The van der Waals surface area contributed by atoms with E-state index in [-0.39, 0.29) is 5.91 Å². The minimum atomic E-state index is -0.171. The Hall–Kier alpha value is -2.34. The molecule has 0 aliphatic carbocycles. The zero-order valence-corrected chi connectivity index (χ0v) is 15.7. The van der Waals surface area contributed by atoms with Gasteiger partial charge in [-0.15, -0.1) is 0 Å². The number of nitrogens with zero attached hydrogens (tertiary/aromatic N) is 1. The van der Waals surface area contributed by atoms with E-state index in [4.69, 9.17) is 14.0 Å². The topological polar surface area (TPSA) is 73.6 Å². The third kappa shape index (κ3) is 6.71. The van der Waals surface area contributed by atoms with Gasteiger partial charge in [-0.3, -0.25) is 4.79 Å². The summed E-state index contributed by atoms with van der Waals surface area (Å²) in [7, 11) is 0. The Balaban J connectivity index is 1.25. The molecule has 1 aromatic heterocycles. The van der Waals surface area contributed by atoms with Gasteiger partial charge in [0.1, 0.15) is 11.5 Å². The Kier molecular flexibility index (Phi) is 7.71. The second-order valence-electron chi connectivity index (χ2n) is 6.94. The molecule has 1 aliphatic heterocycles. The molecule has 1 unspecified atom stereocenters. The second kappa shape index (κ2) is 10.7. The second-order valence-corrected chi connectivity index (χ2v) is 6.94. The first kappa shape index (κ1) is 19.4. The van der Waals surface area contributed by atoms with Gasteiger partial charge in [0.2, 0.25) is 0 Å². The van der Waals surface area contributed by atoms with Crippen molar-refractivity contribution < 1.29 is 18.8 Å². The van der Waals surface area contributed by atoms with Crippen LogP contribution in [0.1, 0.15) is 48.4 Å². The number of aryl methyl sites for hydroxylation is 1. The van der Waals surface area contributed by atoms with Crippen molar-refractivity contribution in [2.75, 3.05) is 26.4 Å². The molecule has 1 aliphatic rings. The first-order valence-electron chi connectivity index (χ1n) is 9.80. The van der Waals surface area contributed by atoms with Gasteiger partial charge in [-0.05, 0) is 31.4 Å². The number of carbonyl (C=O) groups is 1. The fourth-order valence-corrected chi connectivity index (χ4v) is 3.07. The molecule has 146 valence electrons. The van der Waals surface area contributed by atoms with E-state index in [9.17, 15) is 4.79 Å². The van der Waals surface area contributed by atoms with Gasteiger partial charge in [0, 0.05) is 31.6 Å². The number of unbranched alkanes of at least 4 members (excludes halogenated alkanes) is 3. The summed E-state index contributed by atoms with van der Waals surface area (Å²) in [4.78, 5) is 12.1. The smallest absolute Gasteiger partial charge is 0.273 e. The molecule has 2 heterocycles. The van der Waals surface area contributed by atoms with E-state index in [1.807, 2.05) is 30.3 Å². The number of hydrogen-bond acceptors (Lipinski definition) is 5. The molecule has 6 nitrogen and oxygen atoms in total. The van der Waals surface area contributed by atoms with E-state index in [2.05, 4.69) is 10.5 Å². The van der Waals surface area contributed by atoms with Gasteiger partial charge in [-0.2, -0.15) is 0 Å². The molecule has 1 aromatic carbocycles. The van der Waals surface area contributed by atoms with Crippen molar-refractivity contribution in [2.24, 2.45) is 5.92 Å². The molecule has 2 aromatic rings. The van der Waals surface area contributed by atoms with Gasteiger partial charge in [0.25, 0.3) is 5.91 Å². The summed E-state index contributed by atoms with van der Waals surface area (Å²) >= 11 is 0. The fourth-order valence-electron chi connectivity index (χ4n) is 3.07. The van der Waals surface area contributed by atoms with Crippen molar-refractivity contribution >= 4 is 5.91 Å².